The summed E-state index contributed by atoms with van der Waals surface area (Å²) in [6.45, 7) is 4.01. The summed E-state index contributed by atoms with van der Waals surface area (Å²) in [5.74, 6) is 0. The molecule has 0 fully saturated rings. The van der Waals surface area contributed by atoms with Gasteiger partial charge in [0.15, 0.2) is 0 Å². The molecule has 3 nitrogen and oxygen atoms in total. The molecule has 2 atom stereocenters. The fourth-order valence-electron chi connectivity index (χ4n) is 1.16. The lowest BCUT2D eigenvalue weighted by Crippen LogP contribution is -2.39. The SMILES string of the molecule is COC(C)CCCCC(C)(N)CO. The lowest BCUT2D eigenvalue weighted by Gasteiger charge is -2.21. The highest BCUT2D eigenvalue weighted by molar-refractivity contribution is 4.76. The first kappa shape index (κ1) is 12.9. The molecule has 3 heteroatoms. The molecule has 0 aromatic heterocycles. The summed E-state index contributed by atoms with van der Waals surface area (Å²) in [5, 5.41) is 8.90. The van der Waals surface area contributed by atoms with E-state index in [0.717, 1.165) is 25.7 Å². The standard InChI is InChI=1S/C10H23NO2/c1-9(13-3)6-4-5-7-10(2,11)8-12/h9,12H,4-8,11H2,1-3H3. The van der Waals surface area contributed by atoms with E-state index in [1.807, 2.05) is 6.92 Å². The maximum absolute atomic E-state index is 8.90. The zero-order chi connectivity index (χ0) is 10.3. The summed E-state index contributed by atoms with van der Waals surface area (Å²) < 4.78 is 5.13. The molecule has 0 aliphatic rings. The van der Waals surface area contributed by atoms with Gasteiger partial charge in [0.1, 0.15) is 0 Å². The van der Waals surface area contributed by atoms with Gasteiger partial charge in [0.2, 0.25) is 0 Å². The van der Waals surface area contributed by atoms with Crippen LogP contribution in [0.25, 0.3) is 0 Å². The monoisotopic (exact) mass is 189 g/mol. The molecule has 0 rings (SSSR count). The van der Waals surface area contributed by atoms with Crippen molar-refractivity contribution in [3.8, 4) is 0 Å². The van der Waals surface area contributed by atoms with E-state index in [-0.39, 0.29) is 6.61 Å². The molecule has 0 heterocycles. The van der Waals surface area contributed by atoms with Crippen molar-refractivity contribution in [2.75, 3.05) is 13.7 Å². The Hall–Kier alpha value is -0.120. The van der Waals surface area contributed by atoms with E-state index < -0.39 is 5.54 Å². The number of aliphatic hydroxyl groups is 1. The lowest BCUT2D eigenvalue weighted by molar-refractivity contribution is 0.107. The van der Waals surface area contributed by atoms with Crippen LogP contribution in [0.2, 0.25) is 0 Å². The van der Waals surface area contributed by atoms with Gasteiger partial charge < -0.3 is 15.6 Å². The largest absolute Gasteiger partial charge is 0.394 e. The van der Waals surface area contributed by atoms with Crippen molar-refractivity contribution < 1.29 is 9.84 Å². The van der Waals surface area contributed by atoms with E-state index >= 15 is 0 Å². The molecule has 0 amide bonds. The van der Waals surface area contributed by atoms with Gasteiger partial charge in [-0.15, -0.1) is 0 Å². The second-order valence-electron chi connectivity index (χ2n) is 4.10. The van der Waals surface area contributed by atoms with Crippen LogP contribution in [0.1, 0.15) is 39.5 Å². The van der Waals surface area contributed by atoms with Gasteiger partial charge in [0, 0.05) is 12.6 Å². The number of methoxy groups -OCH3 is 1. The number of ether oxygens (including phenoxy) is 1. The summed E-state index contributed by atoms with van der Waals surface area (Å²) in [5.41, 5.74) is 5.38. The maximum atomic E-state index is 8.90. The van der Waals surface area contributed by atoms with Crippen molar-refractivity contribution in [3.05, 3.63) is 0 Å². The Bertz CT molecular complexity index is 126. The molecule has 80 valence electrons. The van der Waals surface area contributed by atoms with E-state index in [9.17, 15) is 0 Å². The normalized spacial score (nSPS) is 18.2. The smallest absolute Gasteiger partial charge is 0.0608 e. The van der Waals surface area contributed by atoms with Crippen molar-refractivity contribution in [3.63, 3.8) is 0 Å². The predicted molar refractivity (Wildman–Crippen MR) is 54.6 cm³/mol. The van der Waals surface area contributed by atoms with Gasteiger partial charge in [-0.1, -0.05) is 12.8 Å². The molecule has 2 unspecified atom stereocenters. The Morgan fingerprint density at radius 3 is 2.54 bits per heavy atom. The minimum absolute atomic E-state index is 0.0623. The number of nitrogens with two attached hydrogens (primary N) is 1. The molecule has 0 radical (unpaired) electrons. The van der Waals surface area contributed by atoms with Crippen molar-refractivity contribution in [2.45, 2.75) is 51.2 Å². The molecule has 0 bridgehead atoms. The molecule has 3 N–H and O–H groups in total. The van der Waals surface area contributed by atoms with Crippen LogP contribution < -0.4 is 5.73 Å². The fourth-order valence-corrected chi connectivity index (χ4v) is 1.16. The number of aliphatic hydroxyl groups excluding tert-OH is 1. The molecule has 0 aliphatic carbocycles. The highest BCUT2D eigenvalue weighted by Crippen LogP contribution is 2.12. The van der Waals surface area contributed by atoms with Crippen LogP contribution >= 0.6 is 0 Å². The van der Waals surface area contributed by atoms with E-state index in [4.69, 9.17) is 15.6 Å². The van der Waals surface area contributed by atoms with Crippen LogP contribution in [0.3, 0.4) is 0 Å². The molecule has 0 saturated heterocycles. The third-order valence-corrected chi connectivity index (χ3v) is 2.37. The minimum Gasteiger partial charge on any atom is -0.394 e. The summed E-state index contributed by atoms with van der Waals surface area (Å²) >= 11 is 0. The minimum atomic E-state index is -0.406. The second-order valence-corrected chi connectivity index (χ2v) is 4.10. The van der Waals surface area contributed by atoms with Crippen LogP contribution in [0, 0.1) is 0 Å². The summed E-state index contributed by atoms with van der Waals surface area (Å²) in [4.78, 5) is 0. The summed E-state index contributed by atoms with van der Waals surface area (Å²) in [6.07, 6.45) is 4.44. The maximum Gasteiger partial charge on any atom is 0.0608 e. The average Bonchev–Trinajstić information content (AvgIpc) is 2.12. The average molecular weight is 189 g/mol. The highest BCUT2D eigenvalue weighted by Gasteiger charge is 2.15. The van der Waals surface area contributed by atoms with E-state index in [1.165, 1.54) is 0 Å². The molecular formula is C10H23NO2. The van der Waals surface area contributed by atoms with E-state index in [1.54, 1.807) is 7.11 Å². The number of unbranched alkanes of at least 4 members (excludes halogenated alkanes) is 1. The predicted octanol–water partition coefficient (Wildman–Crippen LogP) is 1.29. The summed E-state index contributed by atoms with van der Waals surface area (Å²) in [6, 6.07) is 0. The quantitative estimate of drug-likeness (QED) is 0.593. The first-order valence-corrected chi connectivity index (χ1v) is 4.94. The Kier molecular flexibility index (Phi) is 6.29. The topological polar surface area (TPSA) is 55.5 Å². The Morgan fingerprint density at radius 1 is 1.46 bits per heavy atom. The third-order valence-electron chi connectivity index (χ3n) is 2.37. The van der Waals surface area contributed by atoms with E-state index in [2.05, 4.69) is 6.92 Å². The van der Waals surface area contributed by atoms with Crippen molar-refractivity contribution in [2.24, 2.45) is 5.73 Å². The van der Waals surface area contributed by atoms with Gasteiger partial charge >= 0.3 is 0 Å². The zero-order valence-corrected chi connectivity index (χ0v) is 9.05. The first-order valence-electron chi connectivity index (χ1n) is 4.94. The van der Waals surface area contributed by atoms with Crippen LogP contribution in [0.4, 0.5) is 0 Å². The molecule has 0 aliphatic heterocycles. The van der Waals surface area contributed by atoms with Crippen LogP contribution in [-0.2, 0) is 4.74 Å². The number of hydrogen-bond donors (Lipinski definition) is 2. The summed E-state index contributed by atoms with van der Waals surface area (Å²) in [7, 11) is 1.73. The van der Waals surface area contributed by atoms with E-state index in [0.29, 0.717) is 6.10 Å². The van der Waals surface area contributed by atoms with Crippen molar-refractivity contribution >= 4 is 0 Å². The van der Waals surface area contributed by atoms with Crippen LogP contribution in [0.15, 0.2) is 0 Å². The Morgan fingerprint density at radius 2 is 2.08 bits per heavy atom. The lowest BCUT2D eigenvalue weighted by atomic mass is 9.96. The molecule has 13 heavy (non-hydrogen) atoms. The van der Waals surface area contributed by atoms with Gasteiger partial charge in [-0.25, -0.2) is 0 Å². The van der Waals surface area contributed by atoms with Gasteiger partial charge in [0.25, 0.3) is 0 Å². The first-order chi connectivity index (χ1) is 6.02. The molecular weight excluding hydrogens is 166 g/mol. The molecule has 0 saturated carbocycles. The van der Waals surface area contributed by atoms with Crippen LogP contribution in [-0.4, -0.2) is 30.5 Å². The van der Waals surface area contributed by atoms with Gasteiger partial charge in [-0.2, -0.15) is 0 Å². The Balaban J connectivity index is 3.35. The second kappa shape index (κ2) is 6.35. The van der Waals surface area contributed by atoms with Gasteiger partial charge in [-0.3, -0.25) is 0 Å². The zero-order valence-electron chi connectivity index (χ0n) is 9.05. The molecule has 0 aromatic carbocycles. The third kappa shape index (κ3) is 6.99. The van der Waals surface area contributed by atoms with Crippen molar-refractivity contribution in [1.82, 2.24) is 0 Å². The van der Waals surface area contributed by atoms with Crippen LogP contribution in [0.5, 0.6) is 0 Å². The van der Waals surface area contributed by atoms with Crippen molar-refractivity contribution in [1.29, 1.82) is 0 Å². The number of hydrogen-bond acceptors (Lipinski definition) is 3. The molecule has 0 aromatic rings. The Labute approximate surface area is 81.3 Å². The molecule has 0 spiro atoms. The fraction of sp³-hybridized carbons (Fsp3) is 1.00. The van der Waals surface area contributed by atoms with Gasteiger partial charge in [0.05, 0.1) is 12.7 Å². The van der Waals surface area contributed by atoms with Gasteiger partial charge in [-0.05, 0) is 26.7 Å². The highest BCUT2D eigenvalue weighted by atomic mass is 16.5. The number of rotatable bonds is 7.